The number of aromatic nitrogens is 2. The topological polar surface area (TPSA) is 55.2 Å². The molecule has 0 aliphatic carbocycles. The number of aryl methyl sites for hydroxylation is 1. The molecule has 6 heteroatoms. The number of hydrogen-bond donors (Lipinski definition) is 0. The minimum Gasteiger partial charge on any atom is -0.343 e. The second-order valence-electron chi connectivity index (χ2n) is 5.13. The molecule has 2 rings (SSSR count). The molecule has 0 aliphatic heterocycles. The Balaban J connectivity index is 2.29. The molecule has 0 saturated carbocycles. The van der Waals surface area contributed by atoms with Crippen molar-refractivity contribution in [3.63, 3.8) is 0 Å². The molecule has 1 aromatic carbocycles. The molecule has 0 saturated heterocycles. The average Bonchev–Trinajstić information content (AvgIpc) is 2.51. The molecule has 0 spiro atoms. The average molecular weight is 319 g/mol. The lowest BCUT2D eigenvalue weighted by Crippen LogP contribution is -2.32. The normalized spacial score (nSPS) is 10.9. The van der Waals surface area contributed by atoms with Gasteiger partial charge in [-0.1, -0.05) is 23.4 Å². The second kappa shape index (κ2) is 6.96. The highest BCUT2D eigenvalue weighted by molar-refractivity contribution is 7.99. The van der Waals surface area contributed by atoms with Gasteiger partial charge >= 0.3 is 0 Å². The molecule has 0 fully saturated rings. The Labute approximate surface area is 134 Å². The van der Waals surface area contributed by atoms with Crippen LogP contribution in [-0.4, -0.2) is 39.2 Å². The molecular formula is C16H21N3O2S. The van der Waals surface area contributed by atoms with E-state index in [1.54, 1.807) is 11.9 Å². The van der Waals surface area contributed by atoms with E-state index in [1.165, 1.54) is 16.3 Å². The summed E-state index contributed by atoms with van der Waals surface area (Å²) in [6.07, 6.45) is 0. The predicted molar refractivity (Wildman–Crippen MR) is 90.4 cm³/mol. The maximum Gasteiger partial charge on any atom is 0.261 e. The Morgan fingerprint density at radius 3 is 2.64 bits per heavy atom. The van der Waals surface area contributed by atoms with E-state index in [1.807, 2.05) is 39.0 Å². The Morgan fingerprint density at radius 1 is 1.32 bits per heavy atom. The van der Waals surface area contributed by atoms with Gasteiger partial charge in [0.25, 0.3) is 5.56 Å². The smallest absolute Gasteiger partial charge is 0.261 e. The van der Waals surface area contributed by atoms with Crippen LogP contribution in [0.1, 0.15) is 19.4 Å². The van der Waals surface area contributed by atoms with Gasteiger partial charge in [-0.15, -0.1) is 0 Å². The van der Waals surface area contributed by atoms with E-state index < -0.39 is 0 Å². The van der Waals surface area contributed by atoms with Crippen molar-refractivity contribution < 1.29 is 4.79 Å². The second-order valence-corrected chi connectivity index (χ2v) is 6.08. The third-order valence-electron chi connectivity index (χ3n) is 3.63. The number of benzene rings is 1. The van der Waals surface area contributed by atoms with E-state index in [-0.39, 0.29) is 11.5 Å². The predicted octanol–water partition coefficient (Wildman–Crippen LogP) is 2.20. The minimum absolute atomic E-state index is 0.0632. The largest absolute Gasteiger partial charge is 0.343 e. The quantitative estimate of drug-likeness (QED) is 0.626. The van der Waals surface area contributed by atoms with Crippen LogP contribution in [0.4, 0.5) is 0 Å². The van der Waals surface area contributed by atoms with Crippen molar-refractivity contribution in [2.45, 2.75) is 25.9 Å². The van der Waals surface area contributed by atoms with Gasteiger partial charge in [0, 0.05) is 20.1 Å². The van der Waals surface area contributed by atoms with Gasteiger partial charge in [0.15, 0.2) is 5.16 Å². The highest BCUT2D eigenvalue weighted by Crippen LogP contribution is 2.18. The fourth-order valence-corrected chi connectivity index (χ4v) is 3.16. The Hall–Kier alpha value is -1.82. The van der Waals surface area contributed by atoms with E-state index in [0.717, 1.165) is 5.56 Å². The lowest BCUT2D eigenvalue weighted by molar-refractivity contribution is -0.127. The zero-order valence-corrected chi connectivity index (χ0v) is 14.2. The summed E-state index contributed by atoms with van der Waals surface area (Å²) >= 11 is 1.31. The van der Waals surface area contributed by atoms with Crippen LogP contribution in [0.2, 0.25) is 0 Å². The molecule has 2 aromatic rings. The lowest BCUT2D eigenvalue weighted by Gasteiger charge is -2.18. The molecule has 5 nitrogen and oxygen atoms in total. The number of carbonyl (C=O) groups is 1. The van der Waals surface area contributed by atoms with Crippen molar-refractivity contribution in [3.8, 4) is 0 Å². The Bertz CT molecular complexity index is 751. The molecule has 0 atom stereocenters. The van der Waals surface area contributed by atoms with Gasteiger partial charge in [-0.3, -0.25) is 14.2 Å². The first-order chi connectivity index (χ1) is 10.5. The number of amides is 1. The number of fused-ring (bicyclic) bond motifs is 1. The SMILES string of the molecule is CCN(CC)C(=O)CSc1nc2ccc(C)cc2c(=O)n1C. The molecule has 0 bridgehead atoms. The van der Waals surface area contributed by atoms with Crippen molar-refractivity contribution in [2.75, 3.05) is 18.8 Å². The number of hydrogen-bond acceptors (Lipinski definition) is 4. The molecule has 1 aromatic heterocycles. The summed E-state index contributed by atoms with van der Waals surface area (Å²) in [6, 6.07) is 5.63. The standard InChI is InChI=1S/C16H21N3O2S/c1-5-19(6-2)14(20)10-22-16-17-13-8-7-11(3)9-12(13)15(21)18(16)4/h7-9H,5-6,10H2,1-4H3. The lowest BCUT2D eigenvalue weighted by atomic mass is 10.2. The first-order valence-corrected chi connectivity index (χ1v) is 8.34. The summed E-state index contributed by atoms with van der Waals surface area (Å²) in [5, 5.41) is 1.18. The van der Waals surface area contributed by atoms with Crippen molar-refractivity contribution >= 4 is 28.6 Å². The van der Waals surface area contributed by atoms with E-state index in [2.05, 4.69) is 4.98 Å². The molecule has 0 unspecified atom stereocenters. The van der Waals surface area contributed by atoms with E-state index in [0.29, 0.717) is 34.9 Å². The third-order valence-corrected chi connectivity index (χ3v) is 4.65. The van der Waals surface area contributed by atoms with Gasteiger partial charge in [-0.2, -0.15) is 0 Å². The van der Waals surface area contributed by atoms with Gasteiger partial charge in [0.05, 0.1) is 16.7 Å². The first kappa shape index (κ1) is 16.5. The number of carbonyl (C=O) groups excluding carboxylic acids is 1. The molecule has 1 heterocycles. The number of rotatable bonds is 5. The Morgan fingerprint density at radius 2 is 2.00 bits per heavy atom. The van der Waals surface area contributed by atoms with Crippen LogP contribution in [0.3, 0.4) is 0 Å². The van der Waals surface area contributed by atoms with Gasteiger partial charge < -0.3 is 4.90 Å². The van der Waals surface area contributed by atoms with Crippen LogP contribution < -0.4 is 5.56 Å². The zero-order chi connectivity index (χ0) is 16.3. The third kappa shape index (κ3) is 3.32. The van der Waals surface area contributed by atoms with Crippen molar-refractivity contribution in [2.24, 2.45) is 7.05 Å². The fraction of sp³-hybridized carbons (Fsp3) is 0.438. The molecule has 0 aliphatic rings. The summed E-state index contributed by atoms with van der Waals surface area (Å²) in [5.41, 5.74) is 1.63. The van der Waals surface area contributed by atoms with Crippen LogP contribution >= 0.6 is 11.8 Å². The fourth-order valence-electron chi connectivity index (χ4n) is 2.29. The molecule has 1 amide bonds. The summed E-state index contributed by atoms with van der Waals surface area (Å²) in [7, 11) is 1.70. The van der Waals surface area contributed by atoms with Crippen LogP contribution in [0.15, 0.2) is 28.2 Å². The van der Waals surface area contributed by atoms with E-state index in [9.17, 15) is 9.59 Å². The van der Waals surface area contributed by atoms with Crippen LogP contribution in [0, 0.1) is 6.92 Å². The summed E-state index contributed by atoms with van der Waals surface area (Å²) in [4.78, 5) is 30.8. The van der Waals surface area contributed by atoms with Gasteiger partial charge in [-0.05, 0) is 32.9 Å². The molecule has 22 heavy (non-hydrogen) atoms. The molecule has 0 N–H and O–H groups in total. The summed E-state index contributed by atoms with van der Waals surface area (Å²) < 4.78 is 1.52. The number of nitrogens with zero attached hydrogens (tertiary/aromatic N) is 3. The van der Waals surface area contributed by atoms with Gasteiger partial charge in [0.2, 0.25) is 5.91 Å². The number of thioether (sulfide) groups is 1. The molecule has 118 valence electrons. The van der Waals surface area contributed by atoms with Crippen molar-refractivity contribution in [1.82, 2.24) is 14.5 Å². The first-order valence-electron chi connectivity index (χ1n) is 7.35. The highest BCUT2D eigenvalue weighted by Gasteiger charge is 2.13. The highest BCUT2D eigenvalue weighted by atomic mass is 32.2. The summed E-state index contributed by atoms with van der Waals surface area (Å²) in [6.45, 7) is 7.25. The van der Waals surface area contributed by atoms with Gasteiger partial charge in [-0.25, -0.2) is 4.98 Å². The Kier molecular flexibility index (Phi) is 5.24. The van der Waals surface area contributed by atoms with E-state index in [4.69, 9.17) is 0 Å². The van der Waals surface area contributed by atoms with Crippen LogP contribution in [0.5, 0.6) is 0 Å². The van der Waals surface area contributed by atoms with Crippen LogP contribution in [0.25, 0.3) is 10.9 Å². The summed E-state index contributed by atoms with van der Waals surface area (Å²) in [5.74, 6) is 0.354. The van der Waals surface area contributed by atoms with E-state index >= 15 is 0 Å². The van der Waals surface area contributed by atoms with Crippen molar-refractivity contribution in [1.29, 1.82) is 0 Å². The monoisotopic (exact) mass is 319 g/mol. The maximum atomic E-state index is 12.4. The molecule has 0 radical (unpaired) electrons. The maximum absolute atomic E-state index is 12.4. The van der Waals surface area contributed by atoms with Gasteiger partial charge in [0.1, 0.15) is 0 Å². The zero-order valence-electron chi connectivity index (χ0n) is 13.4. The minimum atomic E-state index is -0.0773. The van der Waals surface area contributed by atoms with Crippen molar-refractivity contribution in [3.05, 3.63) is 34.1 Å². The molecular weight excluding hydrogens is 298 g/mol. The van der Waals surface area contributed by atoms with Crippen LogP contribution in [-0.2, 0) is 11.8 Å².